The van der Waals surface area contributed by atoms with Gasteiger partial charge in [0, 0.05) is 0 Å². The summed E-state index contributed by atoms with van der Waals surface area (Å²) in [4.78, 5) is 0. The number of ether oxygens (including phenoxy) is 2. The lowest BCUT2D eigenvalue weighted by atomic mass is 9.91. The average molecular weight is 317 g/mol. The lowest BCUT2D eigenvalue weighted by Crippen LogP contribution is -2.54. The van der Waals surface area contributed by atoms with Gasteiger partial charge in [0.25, 0.3) is 6.33 Å². The van der Waals surface area contributed by atoms with Crippen molar-refractivity contribution in [3.05, 3.63) is 6.33 Å². The minimum absolute atomic E-state index is 0.207. The Morgan fingerprint density at radius 2 is 1.43 bits per heavy atom. The zero-order valence-corrected chi connectivity index (χ0v) is 14.2. The van der Waals surface area contributed by atoms with Crippen molar-refractivity contribution in [2.24, 2.45) is 0 Å². The summed E-state index contributed by atoms with van der Waals surface area (Å²) >= 11 is 0. The molecule has 0 N–H and O–H groups in total. The first-order valence-corrected chi connectivity index (χ1v) is 9.77. The first kappa shape index (κ1) is 14.2. The molecule has 2 saturated carbocycles. The number of rotatable bonds is 0. The van der Waals surface area contributed by atoms with Gasteiger partial charge < -0.3 is 9.47 Å². The predicted octanol–water partition coefficient (Wildman–Crippen LogP) is 3.66. The molecule has 0 amide bonds. The van der Waals surface area contributed by atoms with Gasteiger partial charge in [-0.15, -0.1) is 0 Å². The van der Waals surface area contributed by atoms with Gasteiger partial charge in [-0.1, -0.05) is 25.7 Å². The standard InChI is InChI=1S/C19H29N2O2/c1-2-6-10-18(9-5-1)13-22-16-17-21(15-20(16)18)19(14-23-17)11-7-3-4-8-12-19/h15H,1-14H2/q+1. The van der Waals surface area contributed by atoms with Crippen molar-refractivity contribution in [3.8, 4) is 11.8 Å². The lowest BCUT2D eigenvalue weighted by molar-refractivity contribution is -0.748. The third kappa shape index (κ3) is 1.99. The molecule has 23 heavy (non-hydrogen) atoms. The van der Waals surface area contributed by atoms with E-state index in [0.29, 0.717) is 0 Å². The summed E-state index contributed by atoms with van der Waals surface area (Å²) in [7, 11) is 0. The Kier molecular flexibility index (Phi) is 3.18. The van der Waals surface area contributed by atoms with Gasteiger partial charge in [0.05, 0.1) is 0 Å². The molecule has 2 fully saturated rings. The Labute approximate surface area is 138 Å². The van der Waals surface area contributed by atoms with Gasteiger partial charge in [0.15, 0.2) is 0 Å². The highest BCUT2D eigenvalue weighted by Crippen LogP contribution is 2.47. The van der Waals surface area contributed by atoms with Crippen molar-refractivity contribution in [2.45, 2.75) is 88.1 Å². The van der Waals surface area contributed by atoms with Crippen LogP contribution in [0.3, 0.4) is 0 Å². The van der Waals surface area contributed by atoms with Crippen LogP contribution in [0.1, 0.15) is 77.0 Å². The number of nitrogens with zero attached hydrogens (tertiary/aromatic N) is 2. The fraction of sp³-hybridized carbons (Fsp3) is 0.842. The molecular formula is C19H29N2O2+. The molecule has 1 aromatic heterocycles. The maximum absolute atomic E-state index is 6.21. The molecule has 1 aromatic rings. The first-order valence-electron chi connectivity index (χ1n) is 9.77. The highest BCUT2D eigenvalue weighted by atomic mass is 16.5. The summed E-state index contributed by atoms with van der Waals surface area (Å²) in [6.45, 7) is 1.71. The number of imidazole rings is 1. The van der Waals surface area contributed by atoms with Crippen LogP contribution in [0.2, 0.25) is 0 Å². The fourth-order valence-electron chi connectivity index (χ4n) is 5.45. The largest absolute Gasteiger partial charge is 0.452 e. The number of hydrogen-bond donors (Lipinski definition) is 0. The van der Waals surface area contributed by atoms with Gasteiger partial charge in [-0.25, -0.2) is 0 Å². The summed E-state index contributed by atoms with van der Waals surface area (Å²) in [6.07, 6.45) is 18.3. The Morgan fingerprint density at radius 3 is 2.13 bits per heavy atom. The molecule has 0 bridgehead atoms. The zero-order chi connectivity index (χ0) is 15.3. The molecule has 5 rings (SSSR count). The number of aromatic nitrogens is 2. The van der Waals surface area contributed by atoms with E-state index < -0.39 is 0 Å². The summed E-state index contributed by atoms with van der Waals surface area (Å²) < 4.78 is 17.4. The second kappa shape index (κ2) is 5.15. The van der Waals surface area contributed by atoms with Crippen LogP contribution in [0, 0.1) is 0 Å². The molecule has 2 aliphatic carbocycles. The highest BCUT2D eigenvalue weighted by molar-refractivity contribution is 5.29. The smallest absolute Gasteiger partial charge is 0.373 e. The van der Waals surface area contributed by atoms with Gasteiger partial charge in [-0.3, -0.25) is 0 Å². The van der Waals surface area contributed by atoms with Crippen LogP contribution >= 0.6 is 0 Å². The Morgan fingerprint density at radius 1 is 0.783 bits per heavy atom. The molecule has 4 aliphatic rings. The van der Waals surface area contributed by atoms with Gasteiger partial charge in [0.2, 0.25) is 0 Å². The van der Waals surface area contributed by atoms with E-state index in [4.69, 9.17) is 9.47 Å². The van der Waals surface area contributed by atoms with Crippen molar-refractivity contribution in [1.82, 2.24) is 4.57 Å². The molecule has 3 heterocycles. The van der Waals surface area contributed by atoms with Gasteiger partial charge in [-0.05, 0) is 51.4 Å². The van der Waals surface area contributed by atoms with Crippen molar-refractivity contribution >= 4 is 0 Å². The predicted molar refractivity (Wildman–Crippen MR) is 87.0 cm³/mol. The summed E-state index contributed by atoms with van der Waals surface area (Å²) in [5.74, 6) is 2.04. The van der Waals surface area contributed by atoms with Crippen LogP contribution < -0.4 is 14.0 Å². The third-order valence-corrected chi connectivity index (χ3v) is 6.90. The van der Waals surface area contributed by atoms with E-state index in [1.54, 1.807) is 0 Å². The molecule has 4 heteroatoms. The monoisotopic (exact) mass is 317 g/mol. The van der Waals surface area contributed by atoms with E-state index in [9.17, 15) is 0 Å². The minimum atomic E-state index is 0.207. The molecule has 126 valence electrons. The quantitative estimate of drug-likeness (QED) is 0.683. The maximum Gasteiger partial charge on any atom is 0.373 e. The number of hydrogen-bond acceptors (Lipinski definition) is 2. The first-order chi connectivity index (χ1) is 11.3. The van der Waals surface area contributed by atoms with E-state index in [2.05, 4.69) is 15.5 Å². The van der Waals surface area contributed by atoms with Crippen LogP contribution in [0.5, 0.6) is 11.8 Å². The van der Waals surface area contributed by atoms with Crippen LogP contribution in [-0.4, -0.2) is 17.8 Å². The summed E-state index contributed by atoms with van der Waals surface area (Å²) in [5, 5.41) is 0. The second-order valence-electron chi connectivity index (χ2n) is 8.32. The minimum Gasteiger partial charge on any atom is -0.452 e. The lowest BCUT2D eigenvalue weighted by Gasteiger charge is -2.25. The van der Waals surface area contributed by atoms with E-state index in [-0.39, 0.29) is 11.1 Å². The van der Waals surface area contributed by atoms with Gasteiger partial charge >= 0.3 is 11.8 Å². The highest BCUT2D eigenvalue weighted by Gasteiger charge is 2.55. The average Bonchev–Trinajstić information content (AvgIpc) is 3.02. The van der Waals surface area contributed by atoms with Crippen LogP contribution in [-0.2, 0) is 11.1 Å². The second-order valence-corrected chi connectivity index (χ2v) is 8.32. The molecule has 0 aromatic carbocycles. The molecule has 0 radical (unpaired) electrons. The van der Waals surface area contributed by atoms with Gasteiger partial charge in [-0.2, -0.15) is 9.13 Å². The van der Waals surface area contributed by atoms with E-state index in [0.717, 1.165) is 25.0 Å². The molecule has 0 unspecified atom stereocenters. The molecule has 0 atom stereocenters. The van der Waals surface area contributed by atoms with Crippen LogP contribution in [0.25, 0.3) is 0 Å². The third-order valence-electron chi connectivity index (χ3n) is 6.90. The molecular weight excluding hydrogens is 288 g/mol. The van der Waals surface area contributed by atoms with Crippen molar-refractivity contribution < 1.29 is 14.0 Å². The van der Waals surface area contributed by atoms with E-state index in [1.165, 1.54) is 77.0 Å². The SMILES string of the molecule is c1n2c(c3[n+]1C1(CCCCCC1)CO3)OCC21CCCCCC1. The maximum atomic E-state index is 6.21. The van der Waals surface area contributed by atoms with Crippen LogP contribution in [0.4, 0.5) is 0 Å². The fourth-order valence-corrected chi connectivity index (χ4v) is 5.45. The zero-order valence-electron chi connectivity index (χ0n) is 14.2. The Balaban J connectivity index is 1.55. The Hall–Kier alpha value is -1.19. The summed E-state index contributed by atoms with van der Waals surface area (Å²) in [5.41, 5.74) is 0.414. The van der Waals surface area contributed by atoms with E-state index >= 15 is 0 Å². The van der Waals surface area contributed by atoms with Crippen molar-refractivity contribution in [1.29, 1.82) is 0 Å². The number of fused-ring (bicyclic) bond motifs is 5. The molecule has 2 aliphatic heterocycles. The Bertz CT molecular complexity index is 540. The molecule has 2 spiro atoms. The topological polar surface area (TPSA) is 27.3 Å². The van der Waals surface area contributed by atoms with Crippen LogP contribution in [0.15, 0.2) is 6.33 Å². The van der Waals surface area contributed by atoms with Crippen molar-refractivity contribution in [2.75, 3.05) is 13.2 Å². The van der Waals surface area contributed by atoms with E-state index in [1.807, 2.05) is 0 Å². The summed E-state index contributed by atoms with van der Waals surface area (Å²) in [6, 6.07) is 0. The normalized spacial score (nSPS) is 27.8. The molecule has 4 nitrogen and oxygen atoms in total. The van der Waals surface area contributed by atoms with Crippen molar-refractivity contribution in [3.63, 3.8) is 0 Å². The van der Waals surface area contributed by atoms with Gasteiger partial charge in [0.1, 0.15) is 24.3 Å². The molecule has 0 saturated heterocycles.